The van der Waals surface area contributed by atoms with E-state index in [-0.39, 0.29) is 0 Å². The monoisotopic (exact) mass is 213 g/mol. The molecule has 0 saturated heterocycles. The average molecular weight is 213 g/mol. The van der Waals surface area contributed by atoms with E-state index in [2.05, 4.69) is 35.4 Å². The van der Waals surface area contributed by atoms with Gasteiger partial charge in [0.2, 0.25) is 5.13 Å². The minimum absolute atomic E-state index is 0.741. The van der Waals surface area contributed by atoms with Gasteiger partial charge in [0, 0.05) is 24.5 Å². The van der Waals surface area contributed by atoms with Crippen LogP contribution in [0.4, 0.5) is 5.13 Å². The van der Waals surface area contributed by atoms with Crippen LogP contribution in [0.1, 0.15) is 39.4 Å². The number of anilines is 1. The van der Waals surface area contributed by atoms with Crippen LogP contribution in [0.15, 0.2) is 0 Å². The van der Waals surface area contributed by atoms with Crippen molar-refractivity contribution >= 4 is 16.7 Å². The molecule has 0 bridgehead atoms. The summed E-state index contributed by atoms with van der Waals surface area (Å²) < 4.78 is 4.27. The molecule has 0 saturated carbocycles. The van der Waals surface area contributed by atoms with E-state index in [0.29, 0.717) is 0 Å². The summed E-state index contributed by atoms with van der Waals surface area (Å²) in [5.74, 6) is 1.72. The molecule has 1 heterocycles. The summed E-state index contributed by atoms with van der Waals surface area (Å²) in [6, 6.07) is 0. The van der Waals surface area contributed by atoms with Crippen molar-refractivity contribution in [2.45, 2.75) is 40.0 Å². The number of hydrogen-bond donors (Lipinski definition) is 1. The van der Waals surface area contributed by atoms with Crippen LogP contribution in [-0.2, 0) is 6.42 Å². The molecule has 0 atom stereocenters. The minimum Gasteiger partial charge on any atom is -0.360 e. The third-order valence-corrected chi connectivity index (χ3v) is 2.65. The molecule has 0 aliphatic heterocycles. The number of nitrogens with one attached hydrogen (secondary N) is 1. The summed E-state index contributed by atoms with van der Waals surface area (Å²) in [6.07, 6.45) is 3.28. The summed E-state index contributed by atoms with van der Waals surface area (Å²) in [5.41, 5.74) is 0. The van der Waals surface area contributed by atoms with Crippen LogP contribution in [0.3, 0.4) is 0 Å². The molecule has 80 valence electrons. The third-order valence-electron chi connectivity index (χ3n) is 1.94. The zero-order valence-corrected chi connectivity index (χ0v) is 10.0. The summed E-state index contributed by atoms with van der Waals surface area (Å²) >= 11 is 1.47. The highest BCUT2D eigenvalue weighted by atomic mass is 32.1. The van der Waals surface area contributed by atoms with Crippen LogP contribution in [0.2, 0.25) is 0 Å². The lowest BCUT2D eigenvalue weighted by Crippen LogP contribution is -2.04. The van der Waals surface area contributed by atoms with Gasteiger partial charge in [-0.2, -0.15) is 4.37 Å². The van der Waals surface area contributed by atoms with Gasteiger partial charge in [0.25, 0.3) is 0 Å². The summed E-state index contributed by atoms with van der Waals surface area (Å²) in [4.78, 5) is 4.39. The lowest BCUT2D eigenvalue weighted by Gasteiger charge is -2.03. The fourth-order valence-corrected chi connectivity index (χ4v) is 1.76. The predicted octanol–water partition coefficient (Wildman–Crippen LogP) is 2.95. The Morgan fingerprint density at radius 3 is 2.86 bits per heavy atom. The predicted molar refractivity (Wildman–Crippen MR) is 61.8 cm³/mol. The van der Waals surface area contributed by atoms with E-state index in [1.807, 2.05) is 0 Å². The first-order valence-electron chi connectivity index (χ1n) is 5.28. The van der Waals surface area contributed by atoms with Crippen LogP contribution in [-0.4, -0.2) is 15.9 Å². The Kier molecular flexibility index (Phi) is 4.87. The van der Waals surface area contributed by atoms with Gasteiger partial charge in [-0.1, -0.05) is 20.8 Å². The highest BCUT2D eigenvalue weighted by Gasteiger charge is 2.02. The van der Waals surface area contributed by atoms with Gasteiger partial charge in [-0.15, -0.1) is 0 Å². The van der Waals surface area contributed by atoms with Crippen LogP contribution in [0.5, 0.6) is 0 Å². The first-order valence-corrected chi connectivity index (χ1v) is 6.06. The summed E-state index contributed by atoms with van der Waals surface area (Å²) in [5, 5.41) is 4.27. The van der Waals surface area contributed by atoms with Crippen molar-refractivity contribution < 1.29 is 0 Å². The van der Waals surface area contributed by atoms with Crippen LogP contribution in [0, 0.1) is 5.92 Å². The van der Waals surface area contributed by atoms with E-state index in [9.17, 15) is 0 Å². The molecule has 0 aliphatic rings. The average Bonchev–Trinajstić information content (AvgIpc) is 2.53. The first-order chi connectivity index (χ1) is 6.72. The van der Waals surface area contributed by atoms with Gasteiger partial charge < -0.3 is 5.32 Å². The molecule has 0 radical (unpaired) electrons. The number of hydrogen-bond acceptors (Lipinski definition) is 4. The van der Waals surface area contributed by atoms with E-state index in [4.69, 9.17) is 0 Å². The van der Waals surface area contributed by atoms with E-state index in [1.165, 1.54) is 18.0 Å². The molecule has 1 aromatic heterocycles. The van der Waals surface area contributed by atoms with Crippen molar-refractivity contribution in [3.05, 3.63) is 5.82 Å². The van der Waals surface area contributed by atoms with Crippen LogP contribution >= 0.6 is 11.5 Å². The van der Waals surface area contributed by atoms with Gasteiger partial charge in [0.05, 0.1) is 0 Å². The zero-order valence-electron chi connectivity index (χ0n) is 9.21. The number of rotatable bonds is 6. The number of aryl methyl sites for hydroxylation is 1. The summed E-state index contributed by atoms with van der Waals surface area (Å²) in [7, 11) is 0. The number of aromatic nitrogens is 2. The third kappa shape index (κ3) is 4.05. The topological polar surface area (TPSA) is 37.8 Å². The Morgan fingerprint density at radius 2 is 2.21 bits per heavy atom. The van der Waals surface area contributed by atoms with E-state index in [0.717, 1.165) is 36.3 Å². The lowest BCUT2D eigenvalue weighted by atomic mass is 10.1. The first kappa shape index (κ1) is 11.4. The molecular formula is C10H19N3S. The normalized spacial score (nSPS) is 10.9. The highest BCUT2D eigenvalue weighted by molar-refractivity contribution is 7.09. The van der Waals surface area contributed by atoms with Gasteiger partial charge in [0.1, 0.15) is 5.82 Å². The molecule has 0 unspecified atom stereocenters. The second-order valence-electron chi connectivity index (χ2n) is 3.88. The van der Waals surface area contributed by atoms with E-state index >= 15 is 0 Å². The maximum atomic E-state index is 4.39. The Morgan fingerprint density at radius 1 is 1.43 bits per heavy atom. The SMILES string of the molecule is CCCc1nsc(NCCC(C)C)n1. The van der Waals surface area contributed by atoms with Gasteiger partial charge in [-0.05, 0) is 18.8 Å². The molecule has 0 aromatic carbocycles. The standard InChI is InChI=1S/C10H19N3S/c1-4-5-9-12-10(14-13-9)11-7-6-8(2)3/h8H,4-7H2,1-3H3,(H,11,12,13). The van der Waals surface area contributed by atoms with E-state index < -0.39 is 0 Å². The van der Waals surface area contributed by atoms with Gasteiger partial charge in [-0.3, -0.25) is 0 Å². The molecule has 4 heteroatoms. The second kappa shape index (κ2) is 5.96. The molecular weight excluding hydrogens is 194 g/mol. The van der Waals surface area contributed by atoms with Crippen molar-refractivity contribution in [3.8, 4) is 0 Å². The molecule has 3 nitrogen and oxygen atoms in total. The maximum absolute atomic E-state index is 4.39. The molecule has 0 spiro atoms. The maximum Gasteiger partial charge on any atom is 0.202 e. The van der Waals surface area contributed by atoms with Gasteiger partial charge in [-0.25, -0.2) is 4.98 Å². The highest BCUT2D eigenvalue weighted by Crippen LogP contribution is 2.12. The molecule has 14 heavy (non-hydrogen) atoms. The van der Waals surface area contributed by atoms with Gasteiger partial charge in [0.15, 0.2) is 0 Å². The van der Waals surface area contributed by atoms with Crippen molar-refractivity contribution in [2.75, 3.05) is 11.9 Å². The van der Waals surface area contributed by atoms with Gasteiger partial charge >= 0.3 is 0 Å². The number of nitrogens with zero attached hydrogens (tertiary/aromatic N) is 2. The molecule has 1 rings (SSSR count). The lowest BCUT2D eigenvalue weighted by molar-refractivity contribution is 0.607. The fraction of sp³-hybridized carbons (Fsp3) is 0.800. The van der Waals surface area contributed by atoms with Crippen molar-refractivity contribution in [1.82, 2.24) is 9.36 Å². The molecule has 1 aromatic rings. The largest absolute Gasteiger partial charge is 0.360 e. The molecule has 0 amide bonds. The Hall–Kier alpha value is -0.640. The smallest absolute Gasteiger partial charge is 0.202 e. The van der Waals surface area contributed by atoms with E-state index in [1.54, 1.807) is 0 Å². The summed E-state index contributed by atoms with van der Waals surface area (Å²) in [6.45, 7) is 7.60. The zero-order chi connectivity index (χ0) is 10.4. The molecule has 1 N–H and O–H groups in total. The molecule has 0 aliphatic carbocycles. The second-order valence-corrected chi connectivity index (χ2v) is 4.63. The quantitative estimate of drug-likeness (QED) is 0.789. The molecule has 0 fully saturated rings. The van der Waals surface area contributed by atoms with Crippen molar-refractivity contribution in [2.24, 2.45) is 5.92 Å². The Bertz CT molecular complexity index is 258. The fourth-order valence-electron chi connectivity index (χ4n) is 1.12. The van der Waals surface area contributed by atoms with Crippen LogP contribution in [0.25, 0.3) is 0 Å². The Balaban J connectivity index is 2.28. The minimum atomic E-state index is 0.741. The van der Waals surface area contributed by atoms with Crippen LogP contribution < -0.4 is 5.32 Å². The van der Waals surface area contributed by atoms with Crippen molar-refractivity contribution in [3.63, 3.8) is 0 Å². The Labute approximate surface area is 90.1 Å². The van der Waals surface area contributed by atoms with Crippen molar-refractivity contribution in [1.29, 1.82) is 0 Å².